The quantitative estimate of drug-likeness (QED) is 0.767. The molecule has 0 radical (unpaired) electrons. The topological polar surface area (TPSA) is 94.3 Å². The van der Waals surface area contributed by atoms with Crippen LogP contribution >= 0.6 is 0 Å². The van der Waals surface area contributed by atoms with Crippen molar-refractivity contribution in [3.8, 4) is 0 Å². The van der Waals surface area contributed by atoms with Gasteiger partial charge in [0.05, 0.1) is 6.54 Å². The molecule has 0 aromatic carbocycles. The van der Waals surface area contributed by atoms with Crippen molar-refractivity contribution in [2.45, 2.75) is 44.7 Å². The lowest BCUT2D eigenvalue weighted by Gasteiger charge is -2.27. The summed E-state index contributed by atoms with van der Waals surface area (Å²) in [5, 5.41) is 0. The maximum absolute atomic E-state index is 11.7. The smallest absolute Gasteiger partial charge is 0.250 e. The molecule has 116 valence electrons. The van der Waals surface area contributed by atoms with Crippen molar-refractivity contribution in [2.75, 3.05) is 18.8 Å². The number of primary amides is 1. The Bertz CT molecular complexity index is 535. The molecule has 1 aromatic rings. The Hall–Kier alpha value is -1.82. The minimum absolute atomic E-state index is 0.0495. The number of aromatic nitrogens is 1. The van der Waals surface area contributed by atoms with Gasteiger partial charge < -0.3 is 16.0 Å². The summed E-state index contributed by atoms with van der Waals surface area (Å²) >= 11 is 0. The maximum Gasteiger partial charge on any atom is 0.250 e. The third-order valence-corrected chi connectivity index (χ3v) is 4.05. The summed E-state index contributed by atoms with van der Waals surface area (Å²) in [6.45, 7) is 1.68. The van der Waals surface area contributed by atoms with E-state index in [1.165, 1.54) is 18.9 Å². The number of hydrogen-bond acceptors (Lipinski definition) is 4. The Balaban J connectivity index is 1.90. The van der Waals surface area contributed by atoms with Crippen LogP contribution < -0.4 is 17.0 Å². The van der Waals surface area contributed by atoms with Crippen molar-refractivity contribution >= 4 is 11.6 Å². The minimum atomic E-state index is -0.289. The Morgan fingerprint density at radius 3 is 2.71 bits per heavy atom. The van der Waals surface area contributed by atoms with Gasteiger partial charge in [0.25, 0.3) is 5.56 Å². The van der Waals surface area contributed by atoms with Gasteiger partial charge in [-0.15, -0.1) is 0 Å². The summed E-state index contributed by atoms with van der Waals surface area (Å²) in [7, 11) is 0. The lowest BCUT2D eigenvalue weighted by Crippen LogP contribution is -2.41. The zero-order chi connectivity index (χ0) is 15.2. The first-order valence-corrected chi connectivity index (χ1v) is 7.54. The Kier molecular flexibility index (Phi) is 5.38. The van der Waals surface area contributed by atoms with Crippen LogP contribution in [0.5, 0.6) is 0 Å². The molecule has 0 saturated heterocycles. The second kappa shape index (κ2) is 7.26. The summed E-state index contributed by atoms with van der Waals surface area (Å²) in [4.78, 5) is 25.1. The molecule has 0 aliphatic heterocycles. The monoisotopic (exact) mass is 292 g/mol. The highest BCUT2D eigenvalue weighted by Gasteiger charge is 2.23. The highest BCUT2D eigenvalue weighted by atomic mass is 16.1. The highest BCUT2D eigenvalue weighted by Crippen LogP contribution is 2.23. The molecule has 6 heteroatoms. The number of aryl methyl sites for hydroxylation is 1. The average Bonchev–Trinajstić information content (AvgIpc) is 2.95. The second-order valence-corrected chi connectivity index (χ2v) is 5.72. The van der Waals surface area contributed by atoms with Crippen LogP contribution in [0, 0.1) is 0 Å². The van der Waals surface area contributed by atoms with Gasteiger partial charge in [-0.25, -0.2) is 0 Å². The molecule has 1 aliphatic rings. The van der Waals surface area contributed by atoms with Crippen molar-refractivity contribution < 1.29 is 4.79 Å². The predicted molar refractivity (Wildman–Crippen MR) is 82.8 cm³/mol. The standard InChI is InChI=1S/C15H24N4O2/c16-12-6-7-15(21)19(10-12)9-3-8-18(11-14(17)20)13-4-1-2-5-13/h6-7,10,13H,1-5,8-9,11,16H2,(H2,17,20). The molecule has 0 unspecified atom stereocenters. The third-order valence-electron chi connectivity index (χ3n) is 4.05. The van der Waals surface area contributed by atoms with Gasteiger partial charge in [0.15, 0.2) is 0 Å². The lowest BCUT2D eigenvalue weighted by atomic mass is 10.2. The van der Waals surface area contributed by atoms with Gasteiger partial charge in [0.1, 0.15) is 0 Å². The van der Waals surface area contributed by atoms with Crippen LogP contribution in [-0.4, -0.2) is 34.5 Å². The molecule has 4 N–H and O–H groups in total. The van der Waals surface area contributed by atoms with Crippen LogP contribution in [0.1, 0.15) is 32.1 Å². The molecule has 0 spiro atoms. The van der Waals surface area contributed by atoms with E-state index in [1.807, 2.05) is 0 Å². The normalized spacial score (nSPS) is 15.7. The third kappa shape index (κ3) is 4.60. The van der Waals surface area contributed by atoms with Crippen molar-refractivity contribution in [1.82, 2.24) is 9.47 Å². The number of carbonyl (C=O) groups is 1. The van der Waals surface area contributed by atoms with Crippen LogP contribution in [0.15, 0.2) is 23.1 Å². The van der Waals surface area contributed by atoms with Gasteiger partial charge in [-0.2, -0.15) is 0 Å². The Morgan fingerprint density at radius 2 is 2.05 bits per heavy atom. The lowest BCUT2D eigenvalue weighted by molar-refractivity contribution is -0.119. The fourth-order valence-corrected chi connectivity index (χ4v) is 3.03. The van der Waals surface area contributed by atoms with Crippen LogP contribution in [-0.2, 0) is 11.3 Å². The van der Waals surface area contributed by atoms with Crippen LogP contribution in [0.3, 0.4) is 0 Å². The maximum atomic E-state index is 11.7. The van der Waals surface area contributed by atoms with Gasteiger partial charge in [0.2, 0.25) is 5.91 Å². The van der Waals surface area contributed by atoms with E-state index in [9.17, 15) is 9.59 Å². The number of anilines is 1. The average molecular weight is 292 g/mol. The first-order valence-electron chi connectivity index (χ1n) is 7.54. The summed E-state index contributed by atoms with van der Waals surface area (Å²) in [5.41, 5.74) is 11.6. The molecule has 0 atom stereocenters. The van der Waals surface area contributed by atoms with E-state index in [0.717, 1.165) is 25.8 Å². The van der Waals surface area contributed by atoms with Crippen molar-refractivity contribution in [3.63, 3.8) is 0 Å². The zero-order valence-electron chi connectivity index (χ0n) is 12.3. The molecule has 1 fully saturated rings. The van der Waals surface area contributed by atoms with E-state index < -0.39 is 0 Å². The highest BCUT2D eigenvalue weighted by molar-refractivity contribution is 5.75. The first kappa shape index (κ1) is 15.6. The summed E-state index contributed by atoms with van der Waals surface area (Å²) in [6, 6.07) is 3.54. The summed E-state index contributed by atoms with van der Waals surface area (Å²) in [5.74, 6) is -0.289. The molecule has 21 heavy (non-hydrogen) atoms. The van der Waals surface area contributed by atoms with Gasteiger partial charge in [-0.1, -0.05) is 12.8 Å². The number of carbonyl (C=O) groups excluding carboxylic acids is 1. The number of nitrogens with two attached hydrogens (primary N) is 2. The molecular formula is C15H24N4O2. The summed E-state index contributed by atoms with van der Waals surface area (Å²) < 4.78 is 1.62. The van der Waals surface area contributed by atoms with E-state index in [-0.39, 0.29) is 11.5 Å². The number of hydrogen-bond donors (Lipinski definition) is 2. The molecule has 0 bridgehead atoms. The van der Waals surface area contributed by atoms with E-state index in [4.69, 9.17) is 11.5 Å². The fraction of sp³-hybridized carbons (Fsp3) is 0.600. The molecule has 1 aliphatic carbocycles. The first-order chi connectivity index (χ1) is 10.1. The number of rotatable bonds is 7. The SMILES string of the molecule is NC(=O)CN(CCCn1cc(N)ccc1=O)C1CCCC1. The van der Waals surface area contributed by atoms with Gasteiger partial charge in [-0.05, 0) is 25.3 Å². The van der Waals surface area contributed by atoms with Crippen molar-refractivity contribution in [1.29, 1.82) is 0 Å². The van der Waals surface area contributed by atoms with Gasteiger partial charge >= 0.3 is 0 Å². The number of amides is 1. The van der Waals surface area contributed by atoms with Crippen molar-refractivity contribution in [3.05, 3.63) is 28.7 Å². The van der Waals surface area contributed by atoms with E-state index in [0.29, 0.717) is 24.8 Å². The van der Waals surface area contributed by atoms with Crippen LogP contribution in [0.4, 0.5) is 5.69 Å². The van der Waals surface area contributed by atoms with E-state index in [1.54, 1.807) is 16.8 Å². The van der Waals surface area contributed by atoms with E-state index >= 15 is 0 Å². The van der Waals surface area contributed by atoms with E-state index in [2.05, 4.69) is 4.90 Å². The van der Waals surface area contributed by atoms with Gasteiger partial charge in [0, 0.05) is 37.1 Å². The molecule has 1 amide bonds. The number of nitrogen functional groups attached to an aromatic ring is 1. The zero-order valence-corrected chi connectivity index (χ0v) is 12.3. The Morgan fingerprint density at radius 1 is 1.33 bits per heavy atom. The largest absolute Gasteiger partial charge is 0.398 e. The molecule has 1 heterocycles. The number of pyridine rings is 1. The number of nitrogens with zero attached hydrogens (tertiary/aromatic N) is 2. The molecule has 6 nitrogen and oxygen atoms in total. The molecule has 2 rings (SSSR count). The minimum Gasteiger partial charge on any atom is -0.398 e. The molecule has 1 aromatic heterocycles. The molecular weight excluding hydrogens is 268 g/mol. The van der Waals surface area contributed by atoms with Crippen LogP contribution in [0.2, 0.25) is 0 Å². The predicted octanol–water partition coefficient (Wildman–Crippen LogP) is 0.550. The fourth-order valence-electron chi connectivity index (χ4n) is 3.03. The van der Waals surface area contributed by atoms with Gasteiger partial charge in [-0.3, -0.25) is 14.5 Å². The second-order valence-electron chi connectivity index (χ2n) is 5.72. The Labute approximate surface area is 124 Å². The van der Waals surface area contributed by atoms with Crippen molar-refractivity contribution in [2.24, 2.45) is 5.73 Å². The molecule has 1 saturated carbocycles. The summed E-state index contributed by atoms with van der Waals surface area (Å²) in [6.07, 6.45) is 7.16. The van der Waals surface area contributed by atoms with Crippen LogP contribution in [0.25, 0.3) is 0 Å².